The van der Waals surface area contributed by atoms with Gasteiger partial charge in [0.05, 0.1) is 5.56 Å². The van der Waals surface area contributed by atoms with Crippen molar-refractivity contribution in [2.45, 2.75) is 19.3 Å². The van der Waals surface area contributed by atoms with Crippen molar-refractivity contribution in [3.63, 3.8) is 0 Å². The molecule has 3 rings (SSSR count). The third kappa shape index (κ3) is 3.49. The van der Waals surface area contributed by atoms with E-state index in [2.05, 4.69) is 0 Å². The number of anilines is 1. The van der Waals surface area contributed by atoms with Crippen molar-refractivity contribution in [2.75, 3.05) is 18.0 Å². The molecule has 0 radical (unpaired) electrons. The van der Waals surface area contributed by atoms with Crippen LogP contribution in [0.5, 0.6) is 0 Å². The second kappa shape index (κ2) is 7.72. The predicted molar refractivity (Wildman–Crippen MR) is 92.1 cm³/mol. The van der Waals surface area contributed by atoms with Gasteiger partial charge in [-0.25, -0.2) is 17.6 Å². The van der Waals surface area contributed by atoms with E-state index in [-0.39, 0.29) is 0 Å². The summed E-state index contributed by atoms with van der Waals surface area (Å²) < 4.78 is 57.6. The van der Waals surface area contributed by atoms with Crippen LogP contribution in [-0.2, 0) is 0 Å². The molecule has 0 atom stereocenters. The molecular formula is C20H17F4NO. The molecule has 0 amide bonds. The van der Waals surface area contributed by atoms with Crippen molar-refractivity contribution < 1.29 is 22.4 Å². The van der Waals surface area contributed by atoms with Crippen molar-refractivity contribution in [3.8, 4) is 0 Å². The molecule has 2 aromatic carbocycles. The number of hydrogen-bond acceptors (Lipinski definition) is 2. The van der Waals surface area contributed by atoms with Gasteiger partial charge in [-0.15, -0.1) is 0 Å². The molecule has 1 aliphatic rings. The zero-order valence-corrected chi connectivity index (χ0v) is 13.9. The van der Waals surface area contributed by atoms with Gasteiger partial charge in [0.15, 0.2) is 29.1 Å². The number of carbonyl (C=O) groups excluding carboxylic acids is 1. The summed E-state index contributed by atoms with van der Waals surface area (Å²) in [5, 5.41) is 0. The van der Waals surface area contributed by atoms with Gasteiger partial charge in [0.1, 0.15) is 5.69 Å². The first-order valence-electron chi connectivity index (χ1n) is 8.39. The molecule has 2 aromatic rings. The van der Waals surface area contributed by atoms with Gasteiger partial charge in [-0.05, 0) is 30.9 Å². The highest BCUT2D eigenvalue weighted by atomic mass is 19.2. The SMILES string of the molecule is O=C(C=Cc1ccccc1)c1c(F)c(F)c(N2CCCCC2)c(F)c1F. The number of piperidine rings is 1. The van der Waals surface area contributed by atoms with E-state index in [0.717, 1.165) is 12.5 Å². The lowest BCUT2D eigenvalue weighted by Gasteiger charge is -2.29. The van der Waals surface area contributed by atoms with Gasteiger partial charge in [-0.1, -0.05) is 36.4 Å². The Kier molecular flexibility index (Phi) is 5.40. The molecule has 0 N–H and O–H groups in total. The summed E-state index contributed by atoms with van der Waals surface area (Å²) in [6, 6.07) is 8.56. The standard InChI is InChI=1S/C20H17F4NO/c21-16-15(14(26)10-9-13-7-3-1-4-8-13)17(22)19(24)20(18(16)23)25-11-5-2-6-12-25/h1,3-4,7-10H,2,5-6,11-12H2. The van der Waals surface area contributed by atoms with Gasteiger partial charge in [0.25, 0.3) is 0 Å². The number of hydrogen-bond donors (Lipinski definition) is 0. The summed E-state index contributed by atoms with van der Waals surface area (Å²) in [4.78, 5) is 13.4. The van der Waals surface area contributed by atoms with Crippen molar-refractivity contribution >= 4 is 17.5 Å². The third-order valence-corrected chi connectivity index (χ3v) is 4.39. The molecule has 0 bridgehead atoms. The van der Waals surface area contributed by atoms with Gasteiger partial charge in [-0.2, -0.15) is 0 Å². The number of carbonyl (C=O) groups is 1. The molecule has 0 saturated carbocycles. The topological polar surface area (TPSA) is 20.3 Å². The van der Waals surface area contributed by atoms with Gasteiger partial charge in [0.2, 0.25) is 0 Å². The van der Waals surface area contributed by atoms with Crippen molar-refractivity contribution in [3.05, 3.63) is 70.8 Å². The molecule has 1 heterocycles. The Hall–Kier alpha value is -2.63. The molecule has 26 heavy (non-hydrogen) atoms. The van der Waals surface area contributed by atoms with Crippen LogP contribution in [0.3, 0.4) is 0 Å². The molecule has 0 aliphatic carbocycles. The highest BCUT2D eigenvalue weighted by molar-refractivity contribution is 6.07. The summed E-state index contributed by atoms with van der Waals surface area (Å²) in [6.07, 6.45) is 4.49. The maximum absolute atomic E-state index is 14.4. The second-order valence-electron chi connectivity index (χ2n) is 6.14. The van der Waals surface area contributed by atoms with Gasteiger partial charge >= 0.3 is 0 Å². The average Bonchev–Trinajstić information content (AvgIpc) is 2.67. The molecule has 2 nitrogen and oxygen atoms in total. The molecule has 6 heteroatoms. The monoisotopic (exact) mass is 363 g/mol. The van der Waals surface area contributed by atoms with Gasteiger partial charge in [-0.3, -0.25) is 4.79 Å². The lowest BCUT2D eigenvalue weighted by Crippen LogP contribution is -2.32. The Morgan fingerprint density at radius 1 is 0.846 bits per heavy atom. The summed E-state index contributed by atoms with van der Waals surface area (Å²) in [5.74, 6) is -7.50. The number of halogens is 4. The Labute approximate surface area is 148 Å². The quantitative estimate of drug-likeness (QED) is 0.325. The summed E-state index contributed by atoms with van der Waals surface area (Å²) in [5.41, 5.74) is -1.33. The van der Waals surface area contributed by atoms with Gasteiger partial charge in [0, 0.05) is 13.1 Å². The molecular weight excluding hydrogens is 346 g/mol. The van der Waals surface area contributed by atoms with E-state index in [1.807, 2.05) is 0 Å². The van der Waals surface area contributed by atoms with Crippen LogP contribution in [0.2, 0.25) is 0 Å². The highest BCUT2D eigenvalue weighted by Crippen LogP contribution is 2.33. The molecule has 136 valence electrons. The zero-order valence-electron chi connectivity index (χ0n) is 13.9. The number of ketones is 1. The van der Waals surface area contributed by atoms with Crippen LogP contribution in [0.25, 0.3) is 6.08 Å². The second-order valence-corrected chi connectivity index (χ2v) is 6.14. The van der Waals surface area contributed by atoms with Crippen LogP contribution in [0.15, 0.2) is 36.4 Å². The molecule has 0 aromatic heterocycles. The average molecular weight is 363 g/mol. The normalized spacial score (nSPS) is 14.8. The van der Waals surface area contributed by atoms with Crippen LogP contribution < -0.4 is 4.90 Å². The predicted octanol–water partition coefficient (Wildman–Crippen LogP) is 5.13. The van der Waals surface area contributed by atoms with Crippen molar-refractivity contribution in [2.24, 2.45) is 0 Å². The number of allylic oxidation sites excluding steroid dienone is 1. The largest absolute Gasteiger partial charge is 0.367 e. The molecule has 1 saturated heterocycles. The van der Waals surface area contributed by atoms with Crippen LogP contribution in [0.4, 0.5) is 23.2 Å². The smallest absolute Gasteiger partial charge is 0.191 e. The maximum Gasteiger partial charge on any atom is 0.191 e. The fraction of sp³-hybridized carbons (Fsp3) is 0.250. The third-order valence-electron chi connectivity index (χ3n) is 4.39. The maximum atomic E-state index is 14.4. The Morgan fingerprint density at radius 2 is 1.42 bits per heavy atom. The Bertz CT molecular complexity index is 814. The fourth-order valence-electron chi connectivity index (χ4n) is 3.05. The van der Waals surface area contributed by atoms with E-state index in [1.54, 1.807) is 30.3 Å². The first-order valence-corrected chi connectivity index (χ1v) is 8.39. The minimum atomic E-state index is -1.66. The molecule has 0 unspecified atom stereocenters. The van der Waals surface area contributed by atoms with Crippen LogP contribution in [0, 0.1) is 23.3 Å². The van der Waals surface area contributed by atoms with Crippen LogP contribution >= 0.6 is 0 Å². The highest BCUT2D eigenvalue weighted by Gasteiger charge is 2.31. The minimum absolute atomic E-state index is 0.313. The Morgan fingerprint density at radius 3 is 2.00 bits per heavy atom. The zero-order chi connectivity index (χ0) is 18.7. The van der Waals surface area contributed by atoms with E-state index in [4.69, 9.17) is 0 Å². The van der Waals surface area contributed by atoms with E-state index < -0.39 is 40.3 Å². The van der Waals surface area contributed by atoms with E-state index in [9.17, 15) is 22.4 Å². The number of nitrogens with zero attached hydrogens (tertiary/aromatic N) is 1. The first kappa shape index (κ1) is 18.2. The summed E-state index contributed by atoms with van der Waals surface area (Å²) in [7, 11) is 0. The molecule has 1 aliphatic heterocycles. The molecule has 1 fully saturated rings. The van der Waals surface area contributed by atoms with Gasteiger partial charge < -0.3 is 4.90 Å². The number of benzene rings is 2. The lowest BCUT2D eigenvalue weighted by molar-refractivity contribution is 0.103. The fourth-order valence-corrected chi connectivity index (χ4v) is 3.05. The van der Waals surface area contributed by atoms with E-state index in [1.165, 1.54) is 11.0 Å². The lowest BCUT2D eigenvalue weighted by atomic mass is 10.0. The summed E-state index contributed by atoms with van der Waals surface area (Å²) >= 11 is 0. The van der Waals surface area contributed by atoms with E-state index in [0.29, 0.717) is 31.5 Å². The van der Waals surface area contributed by atoms with E-state index >= 15 is 0 Å². The van der Waals surface area contributed by atoms with Crippen molar-refractivity contribution in [1.82, 2.24) is 0 Å². The summed E-state index contributed by atoms with van der Waals surface area (Å²) in [6.45, 7) is 0.627. The van der Waals surface area contributed by atoms with Crippen molar-refractivity contribution in [1.29, 1.82) is 0 Å². The first-order chi connectivity index (χ1) is 12.5. The van der Waals surface area contributed by atoms with Crippen LogP contribution in [-0.4, -0.2) is 18.9 Å². The number of rotatable bonds is 4. The van der Waals surface area contributed by atoms with Crippen LogP contribution in [0.1, 0.15) is 35.2 Å². The minimum Gasteiger partial charge on any atom is -0.367 e. The Balaban J connectivity index is 1.98. The molecule has 0 spiro atoms.